The molecule has 2 aromatic carbocycles. The number of fused-ring (bicyclic) bond motifs is 1. The fraction of sp³-hybridized carbons (Fsp3) is 0.0556. The van der Waals surface area contributed by atoms with E-state index in [4.69, 9.17) is 0 Å². The van der Waals surface area contributed by atoms with Gasteiger partial charge in [0.15, 0.2) is 0 Å². The topological polar surface area (TPSA) is 12.9 Å². The van der Waals surface area contributed by atoms with Crippen LogP contribution in [0.15, 0.2) is 60.8 Å². The van der Waals surface area contributed by atoms with Crippen LogP contribution in [-0.4, -0.2) is 4.98 Å². The lowest BCUT2D eigenvalue weighted by atomic mass is 10.0. The van der Waals surface area contributed by atoms with Gasteiger partial charge >= 0.3 is 0 Å². The molecule has 19 heavy (non-hydrogen) atoms. The van der Waals surface area contributed by atoms with Crippen molar-refractivity contribution < 1.29 is 0 Å². The van der Waals surface area contributed by atoms with E-state index in [9.17, 15) is 0 Å². The molecule has 0 aliphatic carbocycles. The predicted octanol–water partition coefficient (Wildman–Crippen LogP) is 4.71. The number of hydrogen-bond acceptors (Lipinski definition) is 1. The molecule has 1 heterocycles. The van der Waals surface area contributed by atoms with E-state index < -0.39 is 0 Å². The van der Waals surface area contributed by atoms with Crippen molar-refractivity contribution in [2.24, 2.45) is 0 Å². The number of benzene rings is 2. The Labute approximate surface area is 113 Å². The number of aromatic nitrogens is 1. The minimum atomic E-state index is 1.04. The number of nitrogens with zero attached hydrogens (tertiary/aromatic N) is 1. The maximum absolute atomic E-state index is 4.30. The Morgan fingerprint density at radius 3 is 2.53 bits per heavy atom. The normalized spacial score (nSPS) is 11.2. The third kappa shape index (κ3) is 2.55. The van der Waals surface area contributed by atoms with Crippen LogP contribution < -0.4 is 0 Å². The van der Waals surface area contributed by atoms with Crippen molar-refractivity contribution >= 4 is 22.9 Å². The molecule has 0 saturated carbocycles. The summed E-state index contributed by atoms with van der Waals surface area (Å²) in [4.78, 5) is 4.30. The van der Waals surface area contributed by atoms with Gasteiger partial charge in [0.25, 0.3) is 0 Å². The van der Waals surface area contributed by atoms with E-state index >= 15 is 0 Å². The van der Waals surface area contributed by atoms with Gasteiger partial charge in [0.05, 0.1) is 0 Å². The summed E-state index contributed by atoms with van der Waals surface area (Å²) >= 11 is 0. The van der Waals surface area contributed by atoms with Gasteiger partial charge in [-0.1, -0.05) is 60.7 Å². The van der Waals surface area contributed by atoms with Gasteiger partial charge in [-0.05, 0) is 34.9 Å². The number of aryl methyl sites for hydroxylation is 1. The van der Waals surface area contributed by atoms with Gasteiger partial charge < -0.3 is 0 Å². The van der Waals surface area contributed by atoms with Crippen molar-refractivity contribution in [1.29, 1.82) is 0 Å². The van der Waals surface area contributed by atoms with E-state index in [0.717, 1.165) is 11.3 Å². The molecule has 3 rings (SSSR count). The minimum absolute atomic E-state index is 1.04. The summed E-state index contributed by atoms with van der Waals surface area (Å²) in [6.45, 7) is 2.00. The maximum atomic E-state index is 4.30. The molecule has 1 nitrogen and oxygen atoms in total. The lowest BCUT2D eigenvalue weighted by Crippen LogP contribution is -1.81. The second-order valence-electron chi connectivity index (χ2n) is 4.63. The molecule has 0 N–H and O–H groups in total. The molecule has 1 aromatic heterocycles. The molecule has 0 aliphatic heterocycles. The molecule has 0 radical (unpaired) electrons. The SMILES string of the molecule is Cc1ccc(/C=C/c2cccc3ccccc23)cn1. The van der Waals surface area contributed by atoms with Crippen molar-refractivity contribution in [2.75, 3.05) is 0 Å². The van der Waals surface area contributed by atoms with Crippen molar-refractivity contribution in [2.45, 2.75) is 6.92 Å². The van der Waals surface area contributed by atoms with Crippen LogP contribution in [0.3, 0.4) is 0 Å². The average Bonchev–Trinajstić information content (AvgIpc) is 2.47. The zero-order valence-corrected chi connectivity index (χ0v) is 10.9. The summed E-state index contributed by atoms with van der Waals surface area (Å²) in [6, 6.07) is 18.9. The Kier molecular flexibility index (Phi) is 3.11. The van der Waals surface area contributed by atoms with Crippen molar-refractivity contribution in [1.82, 2.24) is 4.98 Å². The molecule has 0 spiro atoms. The highest BCUT2D eigenvalue weighted by Gasteiger charge is 1.96. The van der Waals surface area contributed by atoms with Crippen LogP contribution in [0, 0.1) is 6.92 Å². The van der Waals surface area contributed by atoms with Crippen molar-refractivity contribution in [3.8, 4) is 0 Å². The fourth-order valence-corrected chi connectivity index (χ4v) is 2.16. The Bertz CT molecular complexity index is 719. The van der Waals surface area contributed by atoms with Crippen LogP contribution in [0.1, 0.15) is 16.8 Å². The largest absolute Gasteiger partial charge is 0.261 e. The van der Waals surface area contributed by atoms with Gasteiger partial charge in [0.1, 0.15) is 0 Å². The molecule has 0 bridgehead atoms. The van der Waals surface area contributed by atoms with Crippen molar-refractivity contribution in [3.05, 3.63) is 77.6 Å². The van der Waals surface area contributed by atoms with E-state index in [1.54, 1.807) is 0 Å². The monoisotopic (exact) mass is 245 g/mol. The Balaban J connectivity index is 1.99. The van der Waals surface area contributed by atoms with Crippen LogP contribution in [-0.2, 0) is 0 Å². The van der Waals surface area contributed by atoms with E-state index in [0.29, 0.717) is 0 Å². The highest BCUT2D eigenvalue weighted by molar-refractivity contribution is 5.92. The molecular formula is C18H15N. The van der Waals surface area contributed by atoms with Gasteiger partial charge in [0.2, 0.25) is 0 Å². The molecule has 0 saturated heterocycles. The van der Waals surface area contributed by atoms with E-state index in [1.165, 1.54) is 16.3 Å². The highest BCUT2D eigenvalue weighted by Crippen LogP contribution is 2.20. The first-order valence-electron chi connectivity index (χ1n) is 6.41. The van der Waals surface area contributed by atoms with Gasteiger partial charge in [-0.2, -0.15) is 0 Å². The lowest BCUT2D eigenvalue weighted by Gasteiger charge is -2.01. The lowest BCUT2D eigenvalue weighted by molar-refractivity contribution is 1.19. The average molecular weight is 245 g/mol. The number of pyridine rings is 1. The molecule has 0 aliphatic rings. The summed E-state index contributed by atoms with van der Waals surface area (Å²) in [6.07, 6.45) is 6.15. The molecule has 92 valence electrons. The predicted molar refractivity (Wildman–Crippen MR) is 81.9 cm³/mol. The van der Waals surface area contributed by atoms with E-state index in [2.05, 4.69) is 65.7 Å². The molecule has 0 unspecified atom stereocenters. The minimum Gasteiger partial charge on any atom is -0.261 e. The van der Waals surface area contributed by atoms with Crippen molar-refractivity contribution in [3.63, 3.8) is 0 Å². The Morgan fingerprint density at radius 1 is 0.842 bits per heavy atom. The summed E-state index contributed by atoms with van der Waals surface area (Å²) in [7, 11) is 0. The molecular weight excluding hydrogens is 230 g/mol. The number of hydrogen-bond donors (Lipinski definition) is 0. The summed E-state index contributed by atoms with van der Waals surface area (Å²) in [5.74, 6) is 0. The second-order valence-corrected chi connectivity index (χ2v) is 4.63. The summed E-state index contributed by atoms with van der Waals surface area (Å²) < 4.78 is 0. The fourth-order valence-electron chi connectivity index (χ4n) is 2.16. The van der Waals surface area contributed by atoms with E-state index in [-0.39, 0.29) is 0 Å². The Hall–Kier alpha value is -2.41. The van der Waals surface area contributed by atoms with Gasteiger partial charge in [-0.25, -0.2) is 0 Å². The molecule has 0 amide bonds. The zero-order chi connectivity index (χ0) is 13.1. The van der Waals surface area contributed by atoms with Crippen LogP contribution in [0.2, 0.25) is 0 Å². The third-order valence-corrected chi connectivity index (χ3v) is 3.21. The summed E-state index contributed by atoms with van der Waals surface area (Å²) in [5, 5.41) is 2.55. The van der Waals surface area contributed by atoms with Crippen LogP contribution in [0.25, 0.3) is 22.9 Å². The maximum Gasteiger partial charge on any atom is 0.0373 e. The first-order valence-corrected chi connectivity index (χ1v) is 6.41. The second kappa shape index (κ2) is 5.07. The van der Waals surface area contributed by atoms with Crippen LogP contribution in [0.4, 0.5) is 0 Å². The van der Waals surface area contributed by atoms with E-state index in [1.807, 2.05) is 19.2 Å². The first kappa shape index (κ1) is 11.7. The first-order chi connectivity index (χ1) is 9.33. The van der Waals surface area contributed by atoms with Gasteiger partial charge in [-0.3, -0.25) is 4.98 Å². The standard InChI is InChI=1S/C18H15N/c1-14-9-10-15(13-19-14)11-12-17-7-4-6-16-5-2-3-8-18(16)17/h2-13H,1H3/b12-11+. The van der Waals surface area contributed by atoms with Gasteiger partial charge in [0, 0.05) is 11.9 Å². The zero-order valence-electron chi connectivity index (χ0n) is 10.9. The third-order valence-electron chi connectivity index (χ3n) is 3.21. The highest BCUT2D eigenvalue weighted by atomic mass is 14.6. The molecule has 3 aromatic rings. The molecule has 1 heteroatoms. The Morgan fingerprint density at radius 2 is 1.68 bits per heavy atom. The molecule has 0 fully saturated rings. The number of rotatable bonds is 2. The molecule has 0 atom stereocenters. The van der Waals surface area contributed by atoms with Gasteiger partial charge in [-0.15, -0.1) is 0 Å². The quantitative estimate of drug-likeness (QED) is 0.637. The van der Waals surface area contributed by atoms with Crippen LogP contribution in [0.5, 0.6) is 0 Å². The summed E-state index contributed by atoms with van der Waals surface area (Å²) in [5.41, 5.74) is 3.40. The smallest absolute Gasteiger partial charge is 0.0373 e. The van der Waals surface area contributed by atoms with Crippen LogP contribution >= 0.6 is 0 Å².